The van der Waals surface area contributed by atoms with Crippen LogP contribution in [-0.2, 0) is 0 Å². The van der Waals surface area contributed by atoms with Gasteiger partial charge >= 0.3 is 0 Å². The molecule has 0 saturated heterocycles. The zero-order chi connectivity index (χ0) is 13.3. The highest BCUT2D eigenvalue weighted by Crippen LogP contribution is 2.36. The van der Waals surface area contributed by atoms with Crippen molar-refractivity contribution >= 4 is 50.5 Å². The summed E-state index contributed by atoms with van der Waals surface area (Å²) >= 11 is 13.5. The molecule has 1 amide bonds. The number of halogens is 2. The van der Waals surface area contributed by atoms with Gasteiger partial charge < -0.3 is 5.32 Å². The van der Waals surface area contributed by atoms with E-state index >= 15 is 0 Å². The van der Waals surface area contributed by atoms with Crippen molar-refractivity contribution in [1.29, 1.82) is 0 Å². The average Bonchev–Trinajstić information content (AvgIpc) is 2.66. The molecule has 1 aromatic carbocycles. The lowest BCUT2D eigenvalue weighted by atomic mass is 10.2. The van der Waals surface area contributed by atoms with Crippen molar-refractivity contribution in [2.24, 2.45) is 0 Å². The number of fused-ring (bicyclic) bond motifs is 1. The number of benzene rings is 1. The number of carbonyl (C=O) groups excluding carboxylic acids is 1. The van der Waals surface area contributed by atoms with Crippen molar-refractivity contribution < 1.29 is 4.79 Å². The summed E-state index contributed by atoms with van der Waals surface area (Å²) in [6.07, 6.45) is 0.889. The van der Waals surface area contributed by atoms with Crippen molar-refractivity contribution in [3.63, 3.8) is 0 Å². The van der Waals surface area contributed by atoms with Gasteiger partial charge in [-0.05, 0) is 25.5 Å². The Morgan fingerprint density at radius 1 is 1.44 bits per heavy atom. The van der Waals surface area contributed by atoms with Crippen LogP contribution in [-0.4, -0.2) is 11.9 Å². The summed E-state index contributed by atoms with van der Waals surface area (Å²) in [5.74, 6) is -0.119. The molecule has 2 rings (SSSR count). The number of amides is 1. The van der Waals surface area contributed by atoms with Gasteiger partial charge in [0, 0.05) is 21.2 Å². The summed E-state index contributed by atoms with van der Waals surface area (Å²) in [7, 11) is 0. The topological polar surface area (TPSA) is 29.1 Å². The second-order valence-corrected chi connectivity index (χ2v) is 6.04. The first-order chi connectivity index (χ1) is 8.52. The molecule has 0 bridgehead atoms. The van der Waals surface area contributed by atoms with Crippen molar-refractivity contribution in [2.45, 2.75) is 26.3 Å². The van der Waals surface area contributed by atoms with Crippen molar-refractivity contribution in [1.82, 2.24) is 5.32 Å². The minimum Gasteiger partial charge on any atom is -0.349 e. The minimum absolute atomic E-state index is 0.119. The molecule has 96 valence electrons. The average molecular weight is 302 g/mol. The summed E-state index contributed by atoms with van der Waals surface area (Å²) in [5.41, 5.74) is 0. The lowest BCUT2D eigenvalue weighted by Gasteiger charge is -2.10. The van der Waals surface area contributed by atoms with Crippen LogP contribution in [0.4, 0.5) is 0 Å². The number of rotatable bonds is 3. The molecule has 0 saturated carbocycles. The maximum absolute atomic E-state index is 12.1. The molecule has 0 aliphatic carbocycles. The molecule has 1 heterocycles. The predicted octanol–water partition coefficient (Wildman–Crippen LogP) is 4.74. The fourth-order valence-corrected chi connectivity index (χ4v) is 3.27. The van der Waals surface area contributed by atoms with Crippen LogP contribution in [0.2, 0.25) is 10.0 Å². The highest BCUT2D eigenvalue weighted by atomic mass is 35.5. The number of carbonyl (C=O) groups is 1. The Labute approximate surface area is 120 Å². The first kappa shape index (κ1) is 13.7. The molecule has 5 heteroatoms. The normalized spacial score (nSPS) is 12.7. The minimum atomic E-state index is -0.119. The van der Waals surface area contributed by atoms with Gasteiger partial charge in [0.25, 0.3) is 5.91 Å². The fourth-order valence-electron chi connectivity index (χ4n) is 1.58. The van der Waals surface area contributed by atoms with Crippen molar-refractivity contribution in [3.8, 4) is 0 Å². The third kappa shape index (κ3) is 2.63. The van der Waals surface area contributed by atoms with E-state index in [9.17, 15) is 4.79 Å². The van der Waals surface area contributed by atoms with Crippen LogP contribution in [0.1, 0.15) is 29.9 Å². The molecular formula is C13H13Cl2NOS. The van der Waals surface area contributed by atoms with Crippen LogP contribution in [0.15, 0.2) is 18.2 Å². The second-order valence-electron chi connectivity index (χ2n) is 4.17. The number of hydrogen-bond acceptors (Lipinski definition) is 2. The van der Waals surface area contributed by atoms with Gasteiger partial charge in [0.1, 0.15) is 4.88 Å². The van der Waals surface area contributed by atoms with Crippen LogP contribution in [0.5, 0.6) is 0 Å². The van der Waals surface area contributed by atoms with E-state index in [0.29, 0.717) is 14.9 Å². The van der Waals surface area contributed by atoms with Crippen LogP contribution < -0.4 is 5.32 Å². The van der Waals surface area contributed by atoms with Gasteiger partial charge in [-0.1, -0.05) is 36.2 Å². The van der Waals surface area contributed by atoms with E-state index < -0.39 is 0 Å². The summed E-state index contributed by atoms with van der Waals surface area (Å²) in [6, 6.07) is 5.59. The Morgan fingerprint density at radius 2 is 2.17 bits per heavy atom. The van der Waals surface area contributed by atoms with Gasteiger partial charge in [-0.25, -0.2) is 0 Å². The Hall–Kier alpha value is -0.770. The van der Waals surface area contributed by atoms with E-state index in [1.54, 1.807) is 6.07 Å². The fraction of sp³-hybridized carbons (Fsp3) is 0.308. The molecular weight excluding hydrogens is 289 g/mol. The van der Waals surface area contributed by atoms with Gasteiger partial charge in [-0.3, -0.25) is 4.79 Å². The molecule has 0 fully saturated rings. The van der Waals surface area contributed by atoms with Crippen LogP contribution in [0, 0.1) is 0 Å². The molecule has 1 aromatic heterocycles. The highest BCUT2D eigenvalue weighted by molar-refractivity contribution is 7.21. The molecule has 2 aromatic rings. The molecule has 1 atom stereocenters. The lowest BCUT2D eigenvalue weighted by Crippen LogP contribution is -2.31. The summed E-state index contributed by atoms with van der Waals surface area (Å²) in [5, 5.41) is 4.95. The third-order valence-electron chi connectivity index (χ3n) is 2.79. The largest absolute Gasteiger partial charge is 0.349 e. The Kier molecular flexibility index (Phi) is 4.15. The molecule has 0 aliphatic heterocycles. The second kappa shape index (κ2) is 5.47. The molecule has 2 nitrogen and oxygen atoms in total. The standard InChI is InChI=1S/C13H13Cl2NOS/c1-3-7(2)16-13(17)12-11(15)9-5-4-8(14)6-10(9)18-12/h4-7H,3H2,1-2H3,(H,16,17)/t7-/m0/s1. The first-order valence-electron chi connectivity index (χ1n) is 5.71. The quantitative estimate of drug-likeness (QED) is 0.872. The number of nitrogens with one attached hydrogen (secondary N) is 1. The summed E-state index contributed by atoms with van der Waals surface area (Å²) in [4.78, 5) is 12.6. The lowest BCUT2D eigenvalue weighted by molar-refractivity contribution is 0.0943. The summed E-state index contributed by atoms with van der Waals surface area (Å²) in [6.45, 7) is 3.99. The molecule has 0 radical (unpaired) electrons. The van der Waals surface area contributed by atoms with Crippen molar-refractivity contribution in [2.75, 3.05) is 0 Å². The van der Waals surface area contributed by atoms with E-state index in [-0.39, 0.29) is 11.9 Å². The maximum atomic E-state index is 12.1. The van der Waals surface area contributed by atoms with E-state index in [1.807, 2.05) is 26.0 Å². The molecule has 0 unspecified atom stereocenters. The Balaban J connectivity index is 2.39. The third-order valence-corrected chi connectivity index (χ3v) is 4.68. The highest BCUT2D eigenvalue weighted by Gasteiger charge is 2.18. The molecule has 0 aliphatic rings. The van der Waals surface area contributed by atoms with E-state index in [0.717, 1.165) is 16.5 Å². The van der Waals surface area contributed by atoms with E-state index in [2.05, 4.69) is 5.32 Å². The Morgan fingerprint density at radius 3 is 2.83 bits per heavy atom. The Bertz CT molecular complexity index is 594. The predicted molar refractivity (Wildman–Crippen MR) is 79.1 cm³/mol. The van der Waals surface area contributed by atoms with Gasteiger partial charge in [0.2, 0.25) is 0 Å². The zero-order valence-corrected chi connectivity index (χ0v) is 12.4. The van der Waals surface area contributed by atoms with Gasteiger partial charge in [0.15, 0.2) is 0 Å². The SMILES string of the molecule is CC[C@H](C)NC(=O)c1sc2cc(Cl)ccc2c1Cl. The monoisotopic (exact) mass is 301 g/mol. The van der Waals surface area contributed by atoms with Crippen LogP contribution >= 0.6 is 34.5 Å². The van der Waals surface area contributed by atoms with Gasteiger partial charge in [-0.2, -0.15) is 0 Å². The number of thiophene rings is 1. The number of hydrogen-bond donors (Lipinski definition) is 1. The molecule has 0 spiro atoms. The van der Waals surface area contributed by atoms with Crippen LogP contribution in [0.3, 0.4) is 0 Å². The first-order valence-corrected chi connectivity index (χ1v) is 7.28. The van der Waals surface area contributed by atoms with E-state index in [4.69, 9.17) is 23.2 Å². The van der Waals surface area contributed by atoms with Gasteiger partial charge in [0.05, 0.1) is 5.02 Å². The van der Waals surface area contributed by atoms with Crippen molar-refractivity contribution in [3.05, 3.63) is 33.1 Å². The summed E-state index contributed by atoms with van der Waals surface area (Å²) < 4.78 is 0.932. The molecule has 1 N–H and O–H groups in total. The van der Waals surface area contributed by atoms with Crippen LogP contribution in [0.25, 0.3) is 10.1 Å². The van der Waals surface area contributed by atoms with Gasteiger partial charge in [-0.15, -0.1) is 11.3 Å². The maximum Gasteiger partial charge on any atom is 0.263 e. The smallest absolute Gasteiger partial charge is 0.263 e. The van der Waals surface area contributed by atoms with E-state index in [1.165, 1.54) is 11.3 Å². The molecule has 18 heavy (non-hydrogen) atoms. The zero-order valence-electron chi connectivity index (χ0n) is 10.1.